The molecule has 1 unspecified atom stereocenters. The van der Waals surface area contributed by atoms with Gasteiger partial charge in [0.05, 0.1) is 17.1 Å². The van der Waals surface area contributed by atoms with E-state index in [0.717, 1.165) is 12.0 Å². The van der Waals surface area contributed by atoms with Crippen LogP contribution < -0.4 is 15.1 Å². The number of aryl methyl sites for hydroxylation is 1. The Bertz CT molecular complexity index is 834. The number of aliphatic hydroxyl groups is 1. The second-order valence-corrected chi connectivity index (χ2v) is 5.95. The molecular formula is C21H26O5. The molecule has 0 bridgehead atoms. The van der Waals surface area contributed by atoms with Gasteiger partial charge in [-0.3, -0.25) is 0 Å². The summed E-state index contributed by atoms with van der Waals surface area (Å²) >= 11 is 0. The fourth-order valence-corrected chi connectivity index (χ4v) is 2.90. The van der Waals surface area contributed by atoms with Crippen molar-refractivity contribution in [3.63, 3.8) is 0 Å². The topological polar surface area (TPSA) is 68.9 Å². The zero-order valence-corrected chi connectivity index (χ0v) is 15.4. The van der Waals surface area contributed by atoms with Crippen molar-refractivity contribution in [2.75, 3.05) is 13.2 Å². The lowest BCUT2D eigenvalue weighted by molar-refractivity contribution is 0.168. The molecule has 1 heterocycles. The van der Waals surface area contributed by atoms with Gasteiger partial charge in [-0.1, -0.05) is 45.6 Å². The van der Waals surface area contributed by atoms with Crippen molar-refractivity contribution >= 4 is 11.0 Å². The summed E-state index contributed by atoms with van der Waals surface area (Å²) in [5, 5.41) is 11.3. The summed E-state index contributed by atoms with van der Waals surface area (Å²) in [6, 6.07) is 3.22. The van der Waals surface area contributed by atoms with Gasteiger partial charge in [0.15, 0.2) is 5.58 Å². The largest absolute Gasteiger partial charge is 0.489 e. The molecule has 1 atom stereocenters. The van der Waals surface area contributed by atoms with Gasteiger partial charge in [-0.2, -0.15) is 0 Å². The van der Waals surface area contributed by atoms with E-state index in [1.807, 2.05) is 13.8 Å². The van der Waals surface area contributed by atoms with Gasteiger partial charge in [-0.15, -0.1) is 0 Å². The maximum absolute atomic E-state index is 12.1. The minimum atomic E-state index is -0.828. The van der Waals surface area contributed by atoms with E-state index in [1.165, 1.54) is 6.07 Å². The van der Waals surface area contributed by atoms with Crippen LogP contribution in [0.1, 0.15) is 43.9 Å². The minimum Gasteiger partial charge on any atom is -0.489 e. The number of hydrogen-bond acceptors (Lipinski definition) is 5. The SMILES string of the molecule is C=CCOc1cc(OCC=C)c2c(CCC)cc(=O)oc2c1C(O)CC. The first-order chi connectivity index (χ1) is 12.6. The third-order valence-electron chi connectivity index (χ3n) is 4.01. The summed E-state index contributed by atoms with van der Waals surface area (Å²) in [6.07, 6.45) is 4.43. The van der Waals surface area contributed by atoms with Gasteiger partial charge in [-0.05, 0) is 18.4 Å². The van der Waals surface area contributed by atoms with Gasteiger partial charge < -0.3 is 19.0 Å². The van der Waals surface area contributed by atoms with Crippen LogP contribution in [0.5, 0.6) is 11.5 Å². The number of rotatable bonds is 10. The highest BCUT2D eigenvalue weighted by molar-refractivity contribution is 5.91. The Morgan fingerprint density at radius 1 is 1.15 bits per heavy atom. The van der Waals surface area contributed by atoms with Crippen LogP contribution in [0, 0.1) is 0 Å². The molecule has 0 aliphatic carbocycles. The van der Waals surface area contributed by atoms with E-state index >= 15 is 0 Å². The van der Waals surface area contributed by atoms with Crippen molar-refractivity contribution in [1.82, 2.24) is 0 Å². The zero-order valence-electron chi connectivity index (χ0n) is 15.4. The van der Waals surface area contributed by atoms with Gasteiger partial charge in [0.25, 0.3) is 0 Å². The lowest BCUT2D eigenvalue weighted by atomic mass is 9.97. The first-order valence-corrected chi connectivity index (χ1v) is 8.86. The Morgan fingerprint density at radius 3 is 2.38 bits per heavy atom. The monoisotopic (exact) mass is 358 g/mol. The van der Waals surface area contributed by atoms with Crippen molar-refractivity contribution in [2.24, 2.45) is 0 Å². The number of ether oxygens (including phenoxy) is 2. The molecule has 2 rings (SSSR count). The van der Waals surface area contributed by atoms with E-state index in [-0.39, 0.29) is 6.61 Å². The van der Waals surface area contributed by atoms with Crippen molar-refractivity contribution in [2.45, 2.75) is 39.2 Å². The van der Waals surface area contributed by atoms with E-state index in [4.69, 9.17) is 13.9 Å². The minimum absolute atomic E-state index is 0.259. The Labute approximate surface area is 153 Å². The fourth-order valence-electron chi connectivity index (χ4n) is 2.90. The van der Waals surface area contributed by atoms with E-state index in [0.29, 0.717) is 47.5 Å². The van der Waals surface area contributed by atoms with E-state index in [9.17, 15) is 9.90 Å². The van der Waals surface area contributed by atoms with E-state index in [2.05, 4.69) is 13.2 Å². The van der Waals surface area contributed by atoms with Gasteiger partial charge in [0.1, 0.15) is 24.7 Å². The highest BCUT2D eigenvalue weighted by Crippen LogP contribution is 2.41. The molecule has 0 amide bonds. The predicted octanol–water partition coefficient (Wildman–Crippen LogP) is 4.32. The molecule has 0 radical (unpaired) electrons. The van der Waals surface area contributed by atoms with Crippen LogP contribution in [0.2, 0.25) is 0 Å². The molecule has 1 aromatic heterocycles. The number of fused-ring (bicyclic) bond motifs is 1. The Kier molecular flexibility index (Phi) is 7.04. The normalized spacial score (nSPS) is 12.0. The smallest absolute Gasteiger partial charge is 0.336 e. The molecule has 5 nitrogen and oxygen atoms in total. The van der Waals surface area contributed by atoms with Crippen molar-refractivity contribution < 1.29 is 19.0 Å². The number of hydrogen-bond donors (Lipinski definition) is 1. The van der Waals surface area contributed by atoms with E-state index in [1.54, 1.807) is 18.2 Å². The molecule has 0 aliphatic heterocycles. The van der Waals surface area contributed by atoms with Crippen molar-refractivity contribution in [1.29, 1.82) is 0 Å². The lowest BCUT2D eigenvalue weighted by Gasteiger charge is -2.20. The second-order valence-electron chi connectivity index (χ2n) is 5.95. The van der Waals surface area contributed by atoms with Crippen LogP contribution in [0.4, 0.5) is 0 Å². The first-order valence-electron chi connectivity index (χ1n) is 8.86. The summed E-state index contributed by atoms with van der Waals surface area (Å²) in [7, 11) is 0. The standard InChI is InChI=1S/C21H26O5/c1-5-9-14-12-18(23)26-21-19(14)16(24-10-6-2)13-17(25-11-7-3)20(21)15(22)8-4/h6-7,12-13,15,22H,2-3,5,8-11H2,1,4H3. The summed E-state index contributed by atoms with van der Waals surface area (Å²) < 4.78 is 17.1. The van der Waals surface area contributed by atoms with Crippen molar-refractivity contribution in [3.05, 3.63) is 59.0 Å². The molecule has 0 aliphatic rings. The molecule has 0 spiro atoms. The molecule has 0 fully saturated rings. The van der Waals surface area contributed by atoms with Crippen molar-refractivity contribution in [3.8, 4) is 11.5 Å². The highest BCUT2D eigenvalue weighted by atomic mass is 16.5. The summed E-state index contributed by atoms with van der Waals surface area (Å²) in [6.45, 7) is 11.8. The van der Waals surface area contributed by atoms with Crippen LogP contribution in [-0.4, -0.2) is 18.3 Å². The van der Waals surface area contributed by atoms with Gasteiger partial charge >= 0.3 is 5.63 Å². The molecule has 5 heteroatoms. The lowest BCUT2D eigenvalue weighted by Crippen LogP contribution is -2.09. The van der Waals surface area contributed by atoms with Crippen LogP contribution in [0.3, 0.4) is 0 Å². The zero-order chi connectivity index (χ0) is 19.1. The van der Waals surface area contributed by atoms with Crippen LogP contribution in [-0.2, 0) is 6.42 Å². The Morgan fingerprint density at radius 2 is 1.81 bits per heavy atom. The Hall–Kier alpha value is -2.53. The van der Waals surface area contributed by atoms with Gasteiger partial charge in [0.2, 0.25) is 0 Å². The summed E-state index contributed by atoms with van der Waals surface area (Å²) in [5.74, 6) is 0.959. The summed E-state index contributed by atoms with van der Waals surface area (Å²) in [5.41, 5.74) is 1.15. The predicted molar refractivity (Wildman–Crippen MR) is 103 cm³/mol. The van der Waals surface area contributed by atoms with Crippen LogP contribution >= 0.6 is 0 Å². The summed E-state index contributed by atoms with van der Waals surface area (Å²) in [4.78, 5) is 12.1. The molecule has 1 aromatic carbocycles. The molecular weight excluding hydrogens is 332 g/mol. The average molecular weight is 358 g/mol. The van der Waals surface area contributed by atoms with Crippen LogP contribution in [0.25, 0.3) is 11.0 Å². The molecule has 0 saturated heterocycles. The molecule has 1 N–H and O–H groups in total. The maximum atomic E-state index is 12.1. The number of aliphatic hydroxyl groups excluding tert-OH is 1. The maximum Gasteiger partial charge on any atom is 0.336 e. The van der Waals surface area contributed by atoms with Crippen LogP contribution in [0.15, 0.2) is 46.7 Å². The third kappa shape index (κ3) is 4.17. The molecule has 2 aromatic rings. The molecule has 0 saturated carbocycles. The first kappa shape index (κ1) is 19.8. The quantitative estimate of drug-likeness (QED) is 0.506. The van der Waals surface area contributed by atoms with Gasteiger partial charge in [0, 0.05) is 12.1 Å². The Balaban J connectivity index is 2.87. The van der Waals surface area contributed by atoms with Gasteiger partial charge in [-0.25, -0.2) is 4.79 Å². The number of benzene rings is 1. The molecule has 26 heavy (non-hydrogen) atoms. The fraction of sp³-hybridized carbons (Fsp3) is 0.381. The highest BCUT2D eigenvalue weighted by Gasteiger charge is 2.24. The second kappa shape index (κ2) is 9.25. The van der Waals surface area contributed by atoms with E-state index < -0.39 is 11.7 Å². The third-order valence-corrected chi connectivity index (χ3v) is 4.01. The average Bonchev–Trinajstić information content (AvgIpc) is 2.63. The molecule has 140 valence electrons.